The summed E-state index contributed by atoms with van der Waals surface area (Å²) >= 11 is 0. The molecular formula is C5H6N4OPb. The Balaban J connectivity index is 0.000000167. The van der Waals surface area contributed by atoms with E-state index in [9.17, 15) is 0 Å². The van der Waals surface area contributed by atoms with Gasteiger partial charge in [0, 0.05) is 27.3 Å². The minimum absolute atomic E-state index is 0. The van der Waals surface area contributed by atoms with Crippen molar-refractivity contribution in [3.63, 3.8) is 0 Å². The molecule has 0 aliphatic rings. The Bertz CT molecular complexity index is 158. The largest absolute Gasteiger partial charge is 0.452 e. The summed E-state index contributed by atoms with van der Waals surface area (Å²) < 4.78 is 4.47. The van der Waals surface area contributed by atoms with Crippen molar-refractivity contribution < 1.29 is 4.42 Å². The molecule has 6 heteroatoms. The summed E-state index contributed by atoms with van der Waals surface area (Å²) in [5, 5.41) is 9.33. The first-order valence-electron chi connectivity index (χ1n) is 2.62. The summed E-state index contributed by atoms with van der Waals surface area (Å²) in [5.74, 6) is 0. The summed E-state index contributed by atoms with van der Waals surface area (Å²) in [4.78, 5) is 3.56. The molecule has 0 aliphatic carbocycles. The number of H-pyrrole nitrogens is 1. The van der Waals surface area contributed by atoms with Crippen LogP contribution in [0.1, 0.15) is 0 Å². The number of aromatic nitrogens is 4. The Morgan fingerprint density at radius 3 is 2.00 bits per heavy atom. The fourth-order valence-corrected chi connectivity index (χ4v) is 0.342. The molecule has 56 valence electrons. The van der Waals surface area contributed by atoms with Crippen molar-refractivity contribution in [2.24, 2.45) is 0 Å². The second kappa shape index (κ2) is 7.38. The fraction of sp³-hybridized carbons (Fsp3) is 0. The Labute approximate surface area is 83.4 Å². The molecule has 0 unspecified atom stereocenters. The number of oxazole rings is 1. The number of rotatable bonds is 0. The summed E-state index contributed by atoms with van der Waals surface area (Å²) in [7, 11) is 0. The van der Waals surface area contributed by atoms with Crippen molar-refractivity contribution in [1.82, 2.24) is 20.4 Å². The van der Waals surface area contributed by atoms with Crippen molar-refractivity contribution in [3.8, 4) is 0 Å². The van der Waals surface area contributed by atoms with Gasteiger partial charge in [-0.25, -0.2) is 4.98 Å². The molecule has 0 fully saturated rings. The zero-order valence-electron chi connectivity index (χ0n) is 5.64. The van der Waals surface area contributed by atoms with Gasteiger partial charge in [-0.2, -0.15) is 15.4 Å². The molecule has 0 aromatic carbocycles. The standard InChI is InChI=1S/C3H3NO.C2H3N3.Pb/c1-2-5-3-4-1;1-2-4-5-3-1;/h1-3H;1-2H,(H,3,4,5);. The Kier molecular flexibility index (Phi) is 6.89. The molecule has 2 rings (SSSR count). The average molecular weight is 345 g/mol. The van der Waals surface area contributed by atoms with Gasteiger partial charge in [-0.3, -0.25) is 0 Å². The van der Waals surface area contributed by atoms with E-state index in [-0.39, 0.29) is 27.3 Å². The quantitative estimate of drug-likeness (QED) is 0.688. The third kappa shape index (κ3) is 5.70. The second-order valence-corrected chi connectivity index (χ2v) is 1.33. The van der Waals surface area contributed by atoms with Gasteiger partial charge in [0.05, 0.1) is 18.6 Å². The zero-order valence-corrected chi connectivity index (χ0v) is 9.52. The van der Waals surface area contributed by atoms with E-state index in [1.165, 1.54) is 12.7 Å². The van der Waals surface area contributed by atoms with Gasteiger partial charge in [-0.05, 0) is 0 Å². The van der Waals surface area contributed by atoms with Gasteiger partial charge < -0.3 is 4.42 Å². The zero-order chi connectivity index (χ0) is 7.07. The average Bonchev–Trinajstić information content (AvgIpc) is 2.67. The van der Waals surface area contributed by atoms with Crippen LogP contribution in [0, 0.1) is 0 Å². The molecule has 1 N–H and O–H groups in total. The van der Waals surface area contributed by atoms with Gasteiger partial charge in [0.1, 0.15) is 6.26 Å². The third-order valence-electron chi connectivity index (χ3n) is 0.678. The molecule has 2 aromatic heterocycles. The number of aromatic amines is 1. The van der Waals surface area contributed by atoms with Crippen molar-refractivity contribution >= 4 is 27.3 Å². The topological polar surface area (TPSA) is 67.6 Å². The minimum atomic E-state index is 0. The van der Waals surface area contributed by atoms with Crippen LogP contribution >= 0.6 is 0 Å². The van der Waals surface area contributed by atoms with E-state index in [1.54, 1.807) is 18.6 Å². The number of hydrogen-bond donors (Lipinski definition) is 1. The first kappa shape index (κ1) is 10.3. The Hall–Kier alpha value is -0.728. The van der Waals surface area contributed by atoms with E-state index in [4.69, 9.17) is 0 Å². The second-order valence-electron chi connectivity index (χ2n) is 1.33. The molecule has 0 saturated heterocycles. The molecule has 0 aliphatic heterocycles. The van der Waals surface area contributed by atoms with Crippen LogP contribution in [0.4, 0.5) is 0 Å². The molecule has 0 atom stereocenters. The molecule has 5 nitrogen and oxygen atoms in total. The normalized spacial score (nSPS) is 7.27. The molecule has 0 bridgehead atoms. The van der Waals surface area contributed by atoms with Crippen LogP contribution in [0.25, 0.3) is 0 Å². The van der Waals surface area contributed by atoms with Crippen LogP contribution in [0.15, 0.2) is 35.7 Å². The van der Waals surface area contributed by atoms with Crippen molar-refractivity contribution in [2.75, 3.05) is 0 Å². The molecule has 11 heavy (non-hydrogen) atoms. The summed E-state index contributed by atoms with van der Waals surface area (Å²) in [6.45, 7) is 0. The van der Waals surface area contributed by atoms with E-state index < -0.39 is 0 Å². The molecule has 0 spiro atoms. The predicted octanol–water partition coefficient (Wildman–Crippen LogP) is 0.0985. The number of nitrogens with zero attached hydrogens (tertiary/aromatic N) is 3. The van der Waals surface area contributed by atoms with Crippen LogP contribution in [0.3, 0.4) is 0 Å². The Morgan fingerprint density at radius 1 is 1.09 bits per heavy atom. The monoisotopic (exact) mass is 346 g/mol. The summed E-state index contributed by atoms with van der Waals surface area (Å²) in [5.41, 5.74) is 0. The number of nitrogens with one attached hydrogen (secondary N) is 1. The van der Waals surface area contributed by atoms with E-state index in [0.29, 0.717) is 0 Å². The fourth-order valence-electron chi connectivity index (χ4n) is 0.342. The van der Waals surface area contributed by atoms with Gasteiger partial charge in [0.25, 0.3) is 0 Å². The molecular weight excluding hydrogens is 339 g/mol. The van der Waals surface area contributed by atoms with Gasteiger partial charge in [0.2, 0.25) is 0 Å². The summed E-state index contributed by atoms with van der Waals surface area (Å²) in [6, 6.07) is 0. The first-order chi connectivity index (χ1) is 5.00. The van der Waals surface area contributed by atoms with E-state index >= 15 is 0 Å². The minimum Gasteiger partial charge on any atom is -0.452 e. The molecule has 0 amide bonds. The van der Waals surface area contributed by atoms with Crippen LogP contribution < -0.4 is 0 Å². The van der Waals surface area contributed by atoms with Gasteiger partial charge in [-0.15, -0.1) is 0 Å². The number of hydrogen-bond acceptors (Lipinski definition) is 4. The predicted molar refractivity (Wildman–Crippen MR) is 38.6 cm³/mol. The van der Waals surface area contributed by atoms with Crippen LogP contribution in [-0.2, 0) is 0 Å². The SMILES string of the molecule is [Pb].c1cn[nH]n1.c1cocn1. The molecule has 4 radical (unpaired) electrons. The maximum atomic E-state index is 4.47. The third-order valence-corrected chi connectivity index (χ3v) is 0.678. The van der Waals surface area contributed by atoms with Crippen LogP contribution in [0.2, 0.25) is 0 Å². The Morgan fingerprint density at radius 2 is 1.82 bits per heavy atom. The van der Waals surface area contributed by atoms with E-state index in [0.717, 1.165) is 0 Å². The molecule has 0 saturated carbocycles. The maximum absolute atomic E-state index is 4.47. The smallest absolute Gasteiger partial charge is 0.180 e. The van der Waals surface area contributed by atoms with Crippen LogP contribution in [0.5, 0.6) is 0 Å². The summed E-state index contributed by atoms with van der Waals surface area (Å²) in [6.07, 6.45) is 7.64. The van der Waals surface area contributed by atoms with E-state index in [1.807, 2.05) is 0 Å². The van der Waals surface area contributed by atoms with Gasteiger partial charge in [0.15, 0.2) is 6.39 Å². The van der Waals surface area contributed by atoms with Crippen LogP contribution in [-0.4, -0.2) is 47.7 Å². The van der Waals surface area contributed by atoms with Crippen molar-refractivity contribution in [1.29, 1.82) is 0 Å². The van der Waals surface area contributed by atoms with Gasteiger partial charge in [-0.1, -0.05) is 0 Å². The maximum Gasteiger partial charge on any atom is 0.180 e. The van der Waals surface area contributed by atoms with Crippen molar-refractivity contribution in [2.45, 2.75) is 0 Å². The van der Waals surface area contributed by atoms with E-state index in [2.05, 4.69) is 24.8 Å². The molecule has 2 aromatic rings. The van der Waals surface area contributed by atoms with Gasteiger partial charge >= 0.3 is 0 Å². The van der Waals surface area contributed by atoms with Crippen molar-refractivity contribution in [3.05, 3.63) is 31.2 Å². The molecule has 2 heterocycles. The first-order valence-corrected chi connectivity index (χ1v) is 2.62.